The van der Waals surface area contributed by atoms with Gasteiger partial charge in [0.2, 0.25) is 0 Å². The van der Waals surface area contributed by atoms with Gasteiger partial charge in [-0.2, -0.15) is 0 Å². The van der Waals surface area contributed by atoms with Crippen LogP contribution < -0.4 is 0 Å². The average Bonchev–Trinajstić information content (AvgIpc) is 2.15. The lowest BCUT2D eigenvalue weighted by atomic mass is 10.0. The number of rotatable bonds is 5. The van der Waals surface area contributed by atoms with Crippen molar-refractivity contribution in [3.63, 3.8) is 0 Å². The van der Waals surface area contributed by atoms with Crippen molar-refractivity contribution in [2.45, 2.75) is 19.9 Å². The monoisotopic (exact) mass is 244 g/mol. The van der Waals surface area contributed by atoms with Crippen molar-refractivity contribution in [3.05, 3.63) is 0 Å². The molecule has 1 aliphatic rings. The van der Waals surface area contributed by atoms with E-state index in [2.05, 4.69) is 0 Å². The third-order valence-electron chi connectivity index (χ3n) is 3.03. The molecule has 17 heavy (non-hydrogen) atoms. The van der Waals surface area contributed by atoms with Gasteiger partial charge in [-0.1, -0.05) is 0 Å². The van der Waals surface area contributed by atoms with Crippen molar-refractivity contribution < 1.29 is 19.4 Å². The third kappa shape index (κ3) is 3.09. The first-order valence-corrected chi connectivity index (χ1v) is 5.78. The molecule has 1 heterocycles. The Morgan fingerprint density at radius 1 is 1.53 bits per heavy atom. The number of carboxylic acid groups (broad SMARTS) is 1. The van der Waals surface area contributed by atoms with Crippen molar-refractivity contribution in [2.24, 2.45) is 5.92 Å². The number of hydrogen-bond acceptors (Lipinski definition) is 3. The van der Waals surface area contributed by atoms with Crippen LogP contribution in [0.3, 0.4) is 0 Å². The first kappa shape index (κ1) is 13.8. The molecule has 1 saturated heterocycles. The van der Waals surface area contributed by atoms with E-state index >= 15 is 0 Å². The normalized spacial score (nSPS) is 17.5. The number of carbonyl (C=O) groups is 2. The molecular weight excluding hydrogens is 224 g/mol. The predicted octanol–water partition coefficient (Wildman–Crippen LogP) is 0.480. The number of carbonyl (C=O) groups excluding carboxylic acids is 1. The van der Waals surface area contributed by atoms with Crippen molar-refractivity contribution >= 4 is 12.0 Å². The van der Waals surface area contributed by atoms with Gasteiger partial charge in [-0.15, -0.1) is 0 Å². The molecule has 0 aromatic rings. The Bertz CT molecular complexity index is 289. The molecule has 0 saturated carbocycles. The molecule has 1 N–H and O–H groups in total. The van der Waals surface area contributed by atoms with E-state index in [1.165, 1.54) is 0 Å². The van der Waals surface area contributed by atoms with Crippen LogP contribution in [-0.4, -0.2) is 66.3 Å². The molecular formula is C11H20N2O4. The highest BCUT2D eigenvalue weighted by atomic mass is 16.5. The van der Waals surface area contributed by atoms with Gasteiger partial charge in [0.05, 0.1) is 18.6 Å². The Morgan fingerprint density at radius 3 is 2.53 bits per heavy atom. The molecule has 1 unspecified atom stereocenters. The molecule has 0 aromatic heterocycles. The highest BCUT2D eigenvalue weighted by Gasteiger charge is 2.38. The van der Waals surface area contributed by atoms with E-state index in [1.54, 1.807) is 16.9 Å². The number of carboxylic acids is 1. The SMILES string of the molecule is CCN(C(=O)N1CC(C(=O)O)C1)C(C)COC. The molecule has 6 heteroatoms. The van der Waals surface area contributed by atoms with Crippen LogP contribution in [0.4, 0.5) is 4.79 Å². The number of methoxy groups -OCH3 is 1. The summed E-state index contributed by atoms with van der Waals surface area (Å²) in [5.41, 5.74) is 0. The average molecular weight is 244 g/mol. The summed E-state index contributed by atoms with van der Waals surface area (Å²) in [6, 6.07) is -0.101. The van der Waals surface area contributed by atoms with Crippen molar-refractivity contribution in [2.75, 3.05) is 33.4 Å². The lowest BCUT2D eigenvalue weighted by Gasteiger charge is -2.41. The zero-order valence-electron chi connectivity index (χ0n) is 10.5. The van der Waals surface area contributed by atoms with E-state index < -0.39 is 11.9 Å². The minimum absolute atomic E-state index is 0.00128. The van der Waals surface area contributed by atoms with Crippen LogP contribution in [0.1, 0.15) is 13.8 Å². The van der Waals surface area contributed by atoms with Crippen molar-refractivity contribution in [3.8, 4) is 0 Å². The maximum absolute atomic E-state index is 12.0. The van der Waals surface area contributed by atoms with Gasteiger partial charge in [0.25, 0.3) is 0 Å². The van der Waals surface area contributed by atoms with Crippen LogP contribution in [0, 0.1) is 5.92 Å². The first-order valence-electron chi connectivity index (χ1n) is 5.78. The number of urea groups is 1. The molecule has 2 amide bonds. The van der Waals surface area contributed by atoms with Gasteiger partial charge in [-0.05, 0) is 13.8 Å². The molecule has 0 aromatic carbocycles. The summed E-state index contributed by atoms with van der Waals surface area (Å²) >= 11 is 0. The molecule has 1 fully saturated rings. The molecule has 1 atom stereocenters. The number of amides is 2. The van der Waals surface area contributed by atoms with Gasteiger partial charge in [0, 0.05) is 26.7 Å². The second kappa shape index (κ2) is 5.86. The van der Waals surface area contributed by atoms with Crippen molar-refractivity contribution in [1.29, 1.82) is 0 Å². The number of aliphatic carboxylic acids is 1. The van der Waals surface area contributed by atoms with E-state index in [1.807, 2.05) is 13.8 Å². The van der Waals surface area contributed by atoms with E-state index in [0.717, 1.165) is 0 Å². The van der Waals surface area contributed by atoms with Crippen LogP contribution in [0.15, 0.2) is 0 Å². The largest absolute Gasteiger partial charge is 0.481 e. The van der Waals surface area contributed by atoms with Gasteiger partial charge < -0.3 is 19.6 Å². The minimum Gasteiger partial charge on any atom is -0.481 e. The molecule has 0 radical (unpaired) electrons. The number of nitrogens with zero attached hydrogens (tertiary/aromatic N) is 2. The molecule has 1 rings (SSSR count). The molecule has 0 bridgehead atoms. The molecule has 0 spiro atoms. The van der Waals surface area contributed by atoms with E-state index in [0.29, 0.717) is 26.2 Å². The molecule has 0 aliphatic carbocycles. The van der Waals surface area contributed by atoms with Crippen LogP contribution in [0.5, 0.6) is 0 Å². The van der Waals surface area contributed by atoms with Crippen molar-refractivity contribution in [1.82, 2.24) is 9.80 Å². The lowest BCUT2D eigenvalue weighted by Crippen LogP contribution is -2.58. The van der Waals surface area contributed by atoms with Gasteiger partial charge >= 0.3 is 12.0 Å². The summed E-state index contributed by atoms with van der Waals surface area (Å²) in [5, 5.41) is 8.75. The summed E-state index contributed by atoms with van der Waals surface area (Å²) in [6.07, 6.45) is 0. The Kier molecular flexibility index (Phi) is 4.74. The Hall–Kier alpha value is -1.30. The van der Waals surface area contributed by atoms with Crippen LogP contribution in [-0.2, 0) is 9.53 Å². The smallest absolute Gasteiger partial charge is 0.320 e. The summed E-state index contributed by atoms with van der Waals surface area (Å²) in [4.78, 5) is 26.0. The first-order chi connectivity index (χ1) is 8.01. The highest BCUT2D eigenvalue weighted by molar-refractivity contribution is 5.80. The number of likely N-dealkylation sites (tertiary alicyclic amines) is 1. The Morgan fingerprint density at radius 2 is 2.12 bits per heavy atom. The van der Waals surface area contributed by atoms with Crippen LogP contribution in [0.25, 0.3) is 0 Å². The van der Waals surface area contributed by atoms with Crippen LogP contribution in [0.2, 0.25) is 0 Å². The summed E-state index contributed by atoms with van der Waals surface area (Å²) in [5.74, 6) is -1.24. The quantitative estimate of drug-likeness (QED) is 0.763. The van der Waals surface area contributed by atoms with E-state index in [4.69, 9.17) is 9.84 Å². The lowest BCUT2D eigenvalue weighted by molar-refractivity contribution is -0.146. The number of likely N-dealkylation sites (N-methyl/N-ethyl adjacent to an activating group) is 1. The Labute approximate surface area is 101 Å². The molecule has 98 valence electrons. The molecule has 1 aliphatic heterocycles. The van der Waals surface area contributed by atoms with Crippen LogP contribution >= 0.6 is 0 Å². The zero-order chi connectivity index (χ0) is 13.0. The van der Waals surface area contributed by atoms with E-state index in [-0.39, 0.29) is 12.1 Å². The fraction of sp³-hybridized carbons (Fsp3) is 0.818. The maximum Gasteiger partial charge on any atom is 0.320 e. The zero-order valence-corrected chi connectivity index (χ0v) is 10.5. The van der Waals surface area contributed by atoms with Gasteiger partial charge in [0.15, 0.2) is 0 Å². The topological polar surface area (TPSA) is 70.1 Å². The fourth-order valence-electron chi connectivity index (χ4n) is 1.94. The number of hydrogen-bond donors (Lipinski definition) is 1. The van der Waals surface area contributed by atoms with E-state index in [9.17, 15) is 9.59 Å². The second-order valence-corrected chi connectivity index (χ2v) is 4.31. The highest BCUT2D eigenvalue weighted by Crippen LogP contribution is 2.18. The minimum atomic E-state index is -0.831. The maximum atomic E-state index is 12.0. The fourth-order valence-corrected chi connectivity index (χ4v) is 1.94. The summed E-state index contributed by atoms with van der Waals surface area (Å²) in [7, 11) is 1.60. The third-order valence-corrected chi connectivity index (χ3v) is 3.03. The number of ether oxygens (including phenoxy) is 1. The van der Waals surface area contributed by atoms with Gasteiger partial charge in [-0.25, -0.2) is 4.79 Å². The predicted molar refractivity (Wildman–Crippen MR) is 61.8 cm³/mol. The Balaban J connectivity index is 2.48. The summed E-state index contributed by atoms with van der Waals surface area (Å²) in [6.45, 7) is 5.51. The second-order valence-electron chi connectivity index (χ2n) is 4.31. The van der Waals surface area contributed by atoms with Gasteiger partial charge in [0.1, 0.15) is 0 Å². The van der Waals surface area contributed by atoms with Gasteiger partial charge in [-0.3, -0.25) is 4.79 Å². The standard InChI is InChI=1S/C11H20N2O4/c1-4-13(8(2)7-17-3)11(16)12-5-9(6-12)10(14)15/h8-9H,4-7H2,1-3H3,(H,14,15). The molecule has 6 nitrogen and oxygen atoms in total. The summed E-state index contributed by atoms with van der Waals surface area (Å²) < 4.78 is 5.02.